The number of carbonyl (C=O) groups excluding carboxylic acids is 4. The molecule has 0 saturated heterocycles. The molecular formula is C26H40N2O8. The molecular weight excluding hydrogens is 468 g/mol. The standard InChI is InChI=1S/C26H40N2O8/c1-15(2)12-17(4)36-26(6,7)14-18(5)35-25(32)27-19-11-10-16(3)20(13-19)28-22(29)21(23(30)33-8)24(31)34-9/h10-11,13,15,17-18,21H,12,14H2,1-9H3,(H,27,32)(H,28,29). The van der Waals surface area contributed by atoms with Gasteiger partial charge in [0.1, 0.15) is 6.10 Å². The molecule has 2 unspecified atom stereocenters. The monoisotopic (exact) mass is 508 g/mol. The van der Waals surface area contributed by atoms with Crippen LogP contribution in [0.3, 0.4) is 0 Å². The lowest BCUT2D eigenvalue weighted by molar-refractivity contribution is -0.160. The molecule has 0 aliphatic carbocycles. The average molecular weight is 509 g/mol. The lowest BCUT2D eigenvalue weighted by Gasteiger charge is -2.32. The summed E-state index contributed by atoms with van der Waals surface area (Å²) in [4.78, 5) is 48.8. The van der Waals surface area contributed by atoms with E-state index in [4.69, 9.17) is 9.47 Å². The van der Waals surface area contributed by atoms with E-state index in [1.165, 1.54) is 6.07 Å². The number of hydrogen-bond donors (Lipinski definition) is 2. The third kappa shape index (κ3) is 10.2. The molecule has 0 fully saturated rings. The van der Waals surface area contributed by atoms with Crippen LogP contribution in [0.4, 0.5) is 16.2 Å². The minimum atomic E-state index is -1.78. The summed E-state index contributed by atoms with van der Waals surface area (Å²) in [6.07, 6.45) is 0.431. The first-order valence-electron chi connectivity index (χ1n) is 11.9. The Balaban J connectivity index is 2.81. The van der Waals surface area contributed by atoms with Crippen LogP contribution in [0.15, 0.2) is 18.2 Å². The molecule has 0 saturated carbocycles. The van der Waals surface area contributed by atoms with Crippen molar-refractivity contribution < 1.29 is 38.1 Å². The van der Waals surface area contributed by atoms with Crippen molar-refractivity contribution in [1.29, 1.82) is 0 Å². The Morgan fingerprint density at radius 2 is 1.50 bits per heavy atom. The topological polar surface area (TPSA) is 129 Å². The van der Waals surface area contributed by atoms with E-state index < -0.39 is 41.6 Å². The first kappa shape index (κ1) is 30.9. The summed E-state index contributed by atoms with van der Waals surface area (Å²) in [6.45, 7) is 13.7. The van der Waals surface area contributed by atoms with Crippen molar-refractivity contribution in [3.63, 3.8) is 0 Å². The number of carbonyl (C=O) groups is 4. The predicted octanol–water partition coefficient (Wildman–Crippen LogP) is 4.45. The Morgan fingerprint density at radius 1 is 0.917 bits per heavy atom. The highest BCUT2D eigenvalue weighted by Crippen LogP contribution is 2.24. The van der Waals surface area contributed by atoms with Crippen molar-refractivity contribution in [2.24, 2.45) is 11.8 Å². The number of nitrogens with one attached hydrogen (secondary N) is 2. The lowest BCUT2D eigenvalue weighted by atomic mass is 10.00. The fraction of sp³-hybridized carbons (Fsp3) is 0.615. The highest BCUT2D eigenvalue weighted by molar-refractivity contribution is 6.18. The summed E-state index contributed by atoms with van der Waals surface area (Å²) >= 11 is 0. The summed E-state index contributed by atoms with van der Waals surface area (Å²) in [7, 11) is 2.13. The Morgan fingerprint density at radius 3 is 2.03 bits per heavy atom. The van der Waals surface area contributed by atoms with Crippen molar-refractivity contribution in [3.05, 3.63) is 23.8 Å². The van der Waals surface area contributed by atoms with Crippen LogP contribution in [0.2, 0.25) is 0 Å². The molecule has 0 radical (unpaired) electrons. The minimum absolute atomic E-state index is 0.0835. The van der Waals surface area contributed by atoms with Crippen molar-refractivity contribution >= 4 is 35.3 Å². The molecule has 2 N–H and O–H groups in total. The van der Waals surface area contributed by atoms with Gasteiger partial charge in [0.25, 0.3) is 0 Å². The minimum Gasteiger partial charge on any atom is -0.468 e. The molecule has 10 heteroatoms. The fourth-order valence-corrected chi connectivity index (χ4v) is 3.95. The SMILES string of the molecule is COC(=O)C(C(=O)Nc1cc(NC(=O)OC(C)CC(C)(C)OC(C)CC(C)C)ccc1C)C(=O)OC. The number of amides is 2. The van der Waals surface area contributed by atoms with E-state index >= 15 is 0 Å². The molecule has 0 aromatic heterocycles. The van der Waals surface area contributed by atoms with Crippen molar-refractivity contribution in [1.82, 2.24) is 0 Å². The van der Waals surface area contributed by atoms with Crippen LogP contribution in [0, 0.1) is 18.8 Å². The van der Waals surface area contributed by atoms with E-state index in [0.717, 1.165) is 20.6 Å². The Bertz CT molecular complexity index is 913. The molecule has 1 aromatic rings. The number of hydrogen-bond acceptors (Lipinski definition) is 8. The van der Waals surface area contributed by atoms with Gasteiger partial charge in [-0.1, -0.05) is 19.9 Å². The molecule has 202 valence electrons. The quantitative estimate of drug-likeness (QED) is 0.241. The van der Waals surface area contributed by atoms with Crippen LogP contribution >= 0.6 is 0 Å². The zero-order valence-electron chi connectivity index (χ0n) is 22.7. The molecule has 1 aromatic carbocycles. The maximum atomic E-state index is 12.6. The van der Waals surface area contributed by atoms with Gasteiger partial charge in [-0.25, -0.2) is 4.79 Å². The summed E-state index contributed by atoms with van der Waals surface area (Å²) in [6, 6.07) is 4.79. The molecule has 0 aliphatic heterocycles. The van der Waals surface area contributed by atoms with Crippen molar-refractivity contribution in [3.8, 4) is 0 Å². The Hall–Kier alpha value is -3.14. The lowest BCUT2D eigenvalue weighted by Crippen LogP contribution is -2.37. The Kier molecular flexibility index (Phi) is 11.9. The van der Waals surface area contributed by atoms with Gasteiger partial charge in [-0.3, -0.25) is 19.7 Å². The summed E-state index contributed by atoms with van der Waals surface area (Å²) < 4.78 is 20.7. The van der Waals surface area contributed by atoms with E-state index in [1.807, 2.05) is 20.8 Å². The van der Waals surface area contributed by atoms with Crippen molar-refractivity contribution in [2.75, 3.05) is 24.9 Å². The van der Waals surface area contributed by atoms with Gasteiger partial charge in [0.2, 0.25) is 11.8 Å². The number of esters is 2. The molecule has 2 amide bonds. The molecule has 0 aliphatic rings. The van der Waals surface area contributed by atoms with Gasteiger partial charge < -0.3 is 24.3 Å². The van der Waals surface area contributed by atoms with E-state index in [-0.39, 0.29) is 11.8 Å². The zero-order chi connectivity index (χ0) is 27.6. The molecule has 36 heavy (non-hydrogen) atoms. The third-order valence-corrected chi connectivity index (χ3v) is 5.29. The predicted molar refractivity (Wildman–Crippen MR) is 136 cm³/mol. The fourth-order valence-electron chi connectivity index (χ4n) is 3.95. The summed E-state index contributed by atoms with van der Waals surface area (Å²) in [5.41, 5.74) is 0.795. The van der Waals surface area contributed by atoms with Crippen molar-refractivity contribution in [2.45, 2.75) is 79.1 Å². The van der Waals surface area contributed by atoms with Gasteiger partial charge in [-0.05, 0) is 64.7 Å². The molecule has 1 rings (SSSR count). The maximum Gasteiger partial charge on any atom is 0.411 e. The number of benzene rings is 1. The third-order valence-electron chi connectivity index (χ3n) is 5.29. The van der Waals surface area contributed by atoms with Crippen LogP contribution in [0.5, 0.6) is 0 Å². The second-order valence-electron chi connectivity index (χ2n) is 9.86. The van der Waals surface area contributed by atoms with Gasteiger partial charge in [0, 0.05) is 17.8 Å². The summed E-state index contributed by atoms with van der Waals surface area (Å²) in [5.74, 6) is -4.27. The van der Waals surface area contributed by atoms with Gasteiger partial charge in [-0.15, -0.1) is 0 Å². The number of anilines is 2. The maximum absolute atomic E-state index is 12.6. The van der Waals surface area contributed by atoms with Gasteiger partial charge in [-0.2, -0.15) is 0 Å². The number of ether oxygens (including phenoxy) is 4. The zero-order valence-corrected chi connectivity index (χ0v) is 22.7. The second-order valence-corrected chi connectivity index (χ2v) is 9.86. The molecule has 0 heterocycles. The molecule has 0 spiro atoms. The normalized spacial score (nSPS) is 13.1. The smallest absolute Gasteiger partial charge is 0.411 e. The van der Waals surface area contributed by atoms with E-state index in [2.05, 4.69) is 34.0 Å². The largest absolute Gasteiger partial charge is 0.468 e. The Labute approximate surface area is 213 Å². The van der Waals surface area contributed by atoms with Crippen LogP contribution in [0.1, 0.15) is 59.9 Å². The summed E-state index contributed by atoms with van der Waals surface area (Å²) in [5, 5.41) is 5.14. The molecule has 2 atom stereocenters. The van der Waals surface area contributed by atoms with Crippen LogP contribution < -0.4 is 10.6 Å². The van der Waals surface area contributed by atoms with E-state index in [9.17, 15) is 19.2 Å². The highest BCUT2D eigenvalue weighted by atomic mass is 16.6. The second kappa shape index (κ2) is 13.8. The average Bonchev–Trinajstić information content (AvgIpc) is 2.73. The molecule has 0 bridgehead atoms. The van der Waals surface area contributed by atoms with Crippen LogP contribution in [-0.2, 0) is 33.3 Å². The van der Waals surface area contributed by atoms with Gasteiger partial charge >= 0.3 is 18.0 Å². The first-order chi connectivity index (χ1) is 16.7. The molecule has 10 nitrogen and oxygen atoms in total. The van der Waals surface area contributed by atoms with E-state index in [1.54, 1.807) is 26.0 Å². The first-order valence-corrected chi connectivity index (χ1v) is 11.9. The highest BCUT2D eigenvalue weighted by Gasteiger charge is 2.36. The van der Waals surface area contributed by atoms with Crippen LogP contribution in [0.25, 0.3) is 0 Å². The number of aryl methyl sites for hydroxylation is 1. The number of rotatable bonds is 12. The number of methoxy groups -OCH3 is 2. The van der Waals surface area contributed by atoms with Crippen LogP contribution in [-0.4, -0.2) is 56.0 Å². The van der Waals surface area contributed by atoms with Gasteiger partial charge in [0.05, 0.1) is 25.9 Å². The van der Waals surface area contributed by atoms with E-state index in [0.29, 0.717) is 23.6 Å². The van der Waals surface area contributed by atoms with Gasteiger partial charge in [0.15, 0.2) is 0 Å².